The quantitative estimate of drug-likeness (QED) is 0.343. The van der Waals surface area contributed by atoms with Crippen molar-refractivity contribution in [2.75, 3.05) is 51.3 Å². The van der Waals surface area contributed by atoms with Crippen LogP contribution in [0, 0.1) is 17.8 Å². The summed E-state index contributed by atoms with van der Waals surface area (Å²) in [6.45, 7) is 7.83. The Bertz CT molecular complexity index is 1050. The lowest BCUT2D eigenvalue weighted by molar-refractivity contribution is -0.145. The van der Waals surface area contributed by atoms with Crippen LogP contribution in [0.3, 0.4) is 0 Å². The molecule has 0 aromatic heterocycles. The number of aliphatic hydroxyl groups is 1. The van der Waals surface area contributed by atoms with Crippen LogP contribution in [0.1, 0.15) is 26.7 Å². The lowest BCUT2D eigenvalue weighted by atomic mass is 9.70. The minimum atomic E-state index is -1.15. The number of carbonyl (C=O) groups excluding carboxylic acids is 3. The van der Waals surface area contributed by atoms with E-state index in [2.05, 4.69) is 31.5 Å². The maximum Gasteiger partial charge on any atom is 0.245 e. The summed E-state index contributed by atoms with van der Waals surface area (Å²) < 4.78 is 12.0. The van der Waals surface area contributed by atoms with Gasteiger partial charge in [-0.2, -0.15) is 0 Å². The molecule has 4 saturated heterocycles. The largest absolute Gasteiger partial charge is 0.394 e. The number of anilines is 1. The van der Waals surface area contributed by atoms with Gasteiger partial charge in [0.2, 0.25) is 17.7 Å². The number of nitrogens with one attached hydrogen (secondary N) is 2. The van der Waals surface area contributed by atoms with E-state index in [4.69, 9.17) is 9.47 Å². The molecule has 0 radical (unpaired) electrons. The maximum absolute atomic E-state index is 14.2. The van der Waals surface area contributed by atoms with E-state index in [1.165, 1.54) is 0 Å². The highest BCUT2D eigenvalue weighted by Crippen LogP contribution is 2.60. The summed E-state index contributed by atoms with van der Waals surface area (Å²) >= 11 is 3.70. The molecule has 1 aromatic rings. The van der Waals surface area contributed by atoms with Crippen molar-refractivity contribution in [3.8, 4) is 0 Å². The zero-order valence-electron chi connectivity index (χ0n) is 22.6. The molecule has 3 unspecified atom stereocenters. The Morgan fingerprint density at radius 3 is 2.56 bits per heavy atom. The molecule has 0 saturated carbocycles. The molecule has 11 heteroatoms. The van der Waals surface area contributed by atoms with Crippen LogP contribution >= 0.6 is 15.9 Å². The van der Waals surface area contributed by atoms with Crippen molar-refractivity contribution in [2.45, 2.75) is 55.3 Å². The average Bonchev–Trinajstić information content (AvgIpc) is 3.51. The fourth-order valence-electron chi connectivity index (χ4n) is 6.89. The number of alkyl halides is 1. The number of amides is 3. The highest BCUT2D eigenvalue weighted by atomic mass is 79.9. The molecule has 4 fully saturated rings. The number of likely N-dealkylation sites (tertiary alicyclic amines) is 1. The molecule has 4 heterocycles. The second-order valence-corrected chi connectivity index (χ2v) is 12.7. The Balaban J connectivity index is 1.43. The molecule has 1 aromatic carbocycles. The van der Waals surface area contributed by atoms with E-state index in [9.17, 15) is 19.5 Å². The number of fused-ring (bicyclic) bond motifs is 1. The first-order chi connectivity index (χ1) is 18.8. The standard InChI is InChI=1S/C28H39BrN4O6/c1-17(2)14-19(16-34)33-24(26(36)30-8-9-32-10-12-38-13-11-32)28-15-20(29)23(39-28)21(22(28)27(33)37)25(35)31-18-6-4-3-5-7-18/h3-7,17,19-24,34H,8-16H2,1-2H3,(H,30,36)(H,31,35)/t19-,20?,21-,22+,23-,24?,28?/m1/s1. The average molecular weight is 608 g/mol. The Morgan fingerprint density at radius 2 is 1.90 bits per heavy atom. The van der Waals surface area contributed by atoms with E-state index >= 15 is 0 Å². The minimum Gasteiger partial charge on any atom is -0.394 e. The molecule has 39 heavy (non-hydrogen) atoms. The molecule has 3 N–H and O–H groups in total. The number of aliphatic hydroxyl groups excluding tert-OH is 1. The van der Waals surface area contributed by atoms with Crippen LogP contribution in [-0.4, -0.2) is 107 Å². The van der Waals surface area contributed by atoms with E-state index in [-0.39, 0.29) is 35.1 Å². The van der Waals surface area contributed by atoms with E-state index < -0.39 is 35.6 Å². The molecular formula is C28H39BrN4O6. The fourth-order valence-corrected chi connectivity index (χ4v) is 7.83. The van der Waals surface area contributed by atoms with Gasteiger partial charge in [0.05, 0.1) is 43.8 Å². The third-order valence-corrected chi connectivity index (χ3v) is 9.34. The second kappa shape index (κ2) is 11.8. The first-order valence-electron chi connectivity index (χ1n) is 14.0. The monoisotopic (exact) mass is 606 g/mol. The minimum absolute atomic E-state index is 0.186. The summed E-state index contributed by atoms with van der Waals surface area (Å²) in [5, 5.41) is 16.4. The first kappa shape index (κ1) is 28.5. The first-order valence-corrected chi connectivity index (χ1v) is 14.9. The van der Waals surface area contributed by atoms with E-state index in [1.54, 1.807) is 17.0 Å². The summed E-state index contributed by atoms with van der Waals surface area (Å²) in [5.41, 5.74) is -0.514. The predicted molar refractivity (Wildman–Crippen MR) is 148 cm³/mol. The topological polar surface area (TPSA) is 120 Å². The van der Waals surface area contributed by atoms with Crippen LogP contribution in [0.5, 0.6) is 0 Å². The Labute approximate surface area is 237 Å². The van der Waals surface area contributed by atoms with Gasteiger partial charge in [-0.15, -0.1) is 0 Å². The molecule has 5 rings (SSSR count). The maximum atomic E-state index is 14.2. The van der Waals surface area contributed by atoms with Gasteiger partial charge in [-0.05, 0) is 30.9 Å². The number of morpholine rings is 1. The van der Waals surface area contributed by atoms with Crippen molar-refractivity contribution in [3.63, 3.8) is 0 Å². The zero-order chi connectivity index (χ0) is 27.7. The SMILES string of the molecule is CC(C)C[C@H](CO)N1C(=O)[C@@H]2[C@@H](C(=O)Nc3ccccc3)[C@@H]3OC2(CC3Br)C1C(=O)NCCN1CCOCC1. The van der Waals surface area contributed by atoms with Crippen molar-refractivity contribution < 1.29 is 29.0 Å². The number of carbonyl (C=O) groups is 3. The summed E-state index contributed by atoms with van der Waals surface area (Å²) in [6.07, 6.45) is 0.428. The van der Waals surface area contributed by atoms with E-state index in [1.807, 2.05) is 32.0 Å². The summed E-state index contributed by atoms with van der Waals surface area (Å²) in [4.78, 5) is 45.3. The normalized spacial score (nSPS) is 32.9. The van der Waals surface area contributed by atoms with Crippen LogP contribution in [0.15, 0.2) is 30.3 Å². The van der Waals surface area contributed by atoms with Gasteiger partial charge in [-0.25, -0.2) is 0 Å². The molecule has 2 bridgehead atoms. The smallest absolute Gasteiger partial charge is 0.245 e. The number of nitrogens with zero attached hydrogens (tertiary/aromatic N) is 2. The number of hydrogen-bond donors (Lipinski definition) is 3. The van der Waals surface area contributed by atoms with Crippen molar-refractivity contribution in [1.29, 1.82) is 0 Å². The van der Waals surface area contributed by atoms with Crippen molar-refractivity contribution in [3.05, 3.63) is 30.3 Å². The number of benzene rings is 1. The van der Waals surface area contributed by atoms with Crippen LogP contribution in [0.25, 0.3) is 0 Å². The van der Waals surface area contributed by atoms with E-state index in [0.717, 1.165) is 13.1 Å². The Kier molecular flexibility index (Phi) is 8.63. The van der Waals surface area contributed by atoms with Crippen LogP contribution in [-0.2, 0) is 23.9 Å². The molecule has 0 aliphatic carbocycles. The van der Waals surface area contributed by atoms with Crippen LogP contribution in [0.4, 0.5) is 5.69 Å². The molecule has 4 aliphatic rings. The predicted octanol–water partition coefficient (Wildman–Crippen LogP) is 1.23. The van der Waals surface area contributed by atoms with Gasteiger partial charge in [-0.1, -0.05) is 48.0 Å². The third-order valence-electron chi connectivity index (χ3n) is 8.50. The molecular weight excluding hydrogens is 568 g/mol. The number of hydrogen-bond acceptors (Lipinski definition) is 7. The fraction of sp³-hybridized carbons (Fsp3) is 0.679. The molecule has 3 amide bonds. The molecule has 4 aliphatic heterocycles. The molecule has 7 atom stereocenters. The van der Waals surface area contributed by atoms with Crippen molar-refractivity contribution in [2.24, 2.45) is 17.8 Å². The lowest BCUT2D eigenvalue weighted by Crippen LogP contribution is -2.59. The van der Waals surface area contributed by atoms with Crippen LogP contribution in [0.2, 0.25) is 0 Å². The van der Waals surface area contributed by atoms with Crippen molar-refractivity contribution in [1.82, 2.24) is 15.1 Å². The van der Waals surface area contributed by atoms with Gasteiger partial charge in [0, 0.05) is 36.7 Å². The van der Waals surface area contributed by atoms with Gasteiger partial charge in [0.15, 0.2) is 0 Å². The summed E-state index contributed by atoms with van der Waals surface area (Å²) in [5.74, 6) is -2.27. The zero-order valence-corrected chi connectivity index (χ0v) is 24.1. The van der Waals surface area contributed by atoms with E-state index in [0.29, 0.717) is 44.8 Å². The molecule has 10 nitrogen and oxygen atoms in total. The summed E-state index contributed by atoms with van der Waals surface area (Å²) in [6, 6.07) is 7.64. The van der Waals surface area contributed by atoms with Gasteiger partial charge >= 0.3 is 0 Å². The number of para-hydroxylation sites is 1. The lowest BCUT2D eigenvalue weighted by Gasteiger charge is -2.37. The van der Waals surface area contributed by atoms with Gasteiger partial charge in [0.1, 0.15) is 11.6 Å². The highest BCUT2D eigenvalue weighted by molar-refractivity contribution is 9.09. The number of ether oxygens (including phenoxy) is 2. The highest BCUT2D eigenvalue weighted by Gasteiger charge is 2.77. The third kappa shape index (κ3) is 5.36. The molecule has 214 valence electrons. The Morgan fingerprint density at radius 1 is 1.18 bits per heavy atom. The van der Waals surface area contributed by atoms with Crippen molar-refractivity contribution >= 4 is 39.3 Å². The number of halogens is 1. The Hall–Kier alpha value is -2.05. The van der Waals surface area contributed by atoms with Gasteiger partial charge in [0.25, 0.3) is 0 Å². The van der Waals surface area contributed by atoms with Gasteiger partial charge in [-0.3, -0.25) is 19.3 Å². The summed E-state index contributed by atoms with van der Waals surface area (Å²) in [7, 11) is 0. The van der Waals surface area contributed by atoms with Gasteiger partial charge < -0.3 is 30.1 Å². The number of rotatable bonds is 10. The second-order valence-electron chi connectivity index (χ2n) is 11.5. The van der Waals surface area contributed by atoms with Crippen LogP contribution < -0.4 is 10.6 Å². The molecule has 1 spiro atoms.